The Hall–Kier alpha value is -2.67. The van der Waals surface area contributed by atoms with E-state index < -0.39 is 11.1 Å². The first kappa shape index (κ1) is 19.7. The Morgan fingerprint density at radius 3 is 2.31 bits per heavy atom. The van der Waals surface area contributed by atoms with Gasteiger partial charge in [0.25, 0.3) is 0 Å². The molecule has 2 rings (SSSR count). The van der Waals surface area contributed by atoms with E-state index in [4.69, 9.17) is 0 Å². The van der Waals surface area contributed by atoms with Gasteiger partial charge in [-0.3, -0.25) is 14.4 Å². The molecule has 0 aliphatic rings. The number of thioether (sulfide) groups is 1. The van der Waals surface area contributed by atoms with Gasteiger partial charge in [-0.25, -0.2) is 4.39 Å². The molecule has 2 amide bonds. The molecule has 0 aliphatic carbocycles. The normalized spacial score (nSPS) is 11.5. The summed E-state index contributed by atoms with van der Waals surface area (Å²) >= 11 is 1.14. The highest BCUT2D eigenvalue weighted by atomic mass is 32.2. The molecule has 0 saturated carbocycles. The quantitative estimate of drug-likeness (QED) is 0.724. The molecule has 1 atom stereocenters. The van der Waals surface area contributed by atoms with Crippen LogP contribution in [0.2, 0.25) is 0 Å². The average Bonchev–Trinajstić information content (AvgIpc) is 2.62. The largest absolute Gasteiger partial charge is 0.325 e. The highest BCUT2D eigenvalue weighted by Gasteiger charge is 2.16. The van der Waals surface area contributed by atoms with Gasteiger partial charge in [0.05, 0.1) is 16.7 Å². The average molecular weight is 374 g/mol. The molecule has 2 N–H and O–H groups in total. The third kappa shape index (κ3) is 5.70. The SMILES string of the molecule is CC(=O)c1ccc(NC(=O)[C@H](C)SCC(=O)Nc2ccccc2F)cc1. The van der Waals surface area contributed by atoms with Crippen molar-refractivity contribution in [3.8, 4) is 0 Å². The Kier molecular flexibility index (Phi) is 6.91. The van der Waals surface area contributed by atoms with E-state index in [1.165, 1.54) is 25.1 Å². The zero-order valence-corrected chi connectivity index (χ0v) is 15.2. The van der Waals surface area contributed by atoms with E-state index in [-0.39, 0.29) is 29.0 Å². The maximum absolute atomic E-state index is 13.5. The zero-order valence-electron chi connectivity index (χ0n) is 14.4. The molecule has 5 nitrogen and oxygen atoms in total. The smallest absolute Gasteiger partial charge is 0.237 e. The topological polar surface area (TPSA) is 75.3 Å². The van der Waals surface area contributed by atoms with E-state index in [9.17, 15) is 18.8 Å². The van der Waals surface area contributed by atoms with E-state index in [0.29, 0.717) is 11.3 Å². The van der Waals surface area contributed by atoms with Gasteiger partial charge < -0.3 is 10.6 Å². The summed E-state index contributed by atoms with van der Waals surface area (Å²) in [6, 6.07) is 12.5. The van der Waals surface area contributed by atoms with Crippen molar-refractivity contribution in [3.63, 3.8) is 0 Å². The van der Waals surface area contributed by atoms with Gasteiger partial charge in [-0.1, -0.05) is 12.1 Å². The highest BCUT2D eigenvalue weighted by Crippen LogP contribution is 2.17. The number of anilines is 2. The number of ketones is 1. The monoisotopic (exact) mass is 374 g/mol. The number of carbonyl (C=O) groups excluding carboxylic acids is 3. The third-order valence-corrected chi connectivity index (χ3v) is 4.68. The third-order valence-electron chi connectivity index (χ3n) is 3.54. The van der Waals surface area contributed by atoms with Crippen LogP contribution in [-0.2, 0) is 9.59 Å². The Morgan fingerprint density at radius 2 is 1.69 bits per heavy atom. The lowest BCUT2D eigenvalue weighted by Gasteiger charge is -2.12. The molecule has 0 aromatic heterocycles. The molecule has 7 heteroatoms. The lowest BCUT2D eigenvalue weighted by atomic mass is 10.1. The van der Waals surface area contributed by atoms with Gasteiger partial charge in [-0.15, -0.1) is 11.8 Å². The minimum Gasteiger partial charge on any atom is -0.325 e. The zero-order chi connectivity index (χ0) is 19.1. The van der Waals surface area contributed by atoms with Crippen LogP contribution in [0.25, 0.3) is 0 Å². The maximum atomic E-state index is 13.5. The molecule has 0 unspecified atom stereocenters. The predicted molar refractivity (Wildman–Crippen MR) is 102 cm³/mol. The summed E-state index contributed by atoms with van der Waals surface area (Å²) in [6.45, 7) is 3.15. The summed E-state index contributed by atoms with van der Waals surface area (Å²) in [6.07, 6.45) is 0. The minimum atomic E-state index is -0.509. The number of benzene rings is 2. The van der Waals surface area contributed by atoms with E-state index in [0.717, 1.165) is 11.8 Å². The van der Waals surface area contributed by atoms with Gasteiger partial charge in [-0.2, -0.15) is 0 Å². The van der Waals surface area contributed by atoms with Crippen LogP contribution in [0.4, 0.5) is 15.8 Å². The van der Waals surface area contributed by atoms with Crippen molar-refractivity contribution >= 4 is 40.7 Å². The van der Waals surface area contributed by atoms with E-state index in [1.807, 2.05) is 0 Å². The van der Waals surface area contributed by atoms with Crippen molar-refractivity contribution in [2.24, 2.45) is 0 Å². The molecule has 0 bridgehead atoms. The van der Waals surface area contributed by atoms with Gasteiger partial charge >= 0.3 is 0 Å². The summed E-state index contributed by atoms with van der Waals surface area (Å²) in [7, 11) is 0. The van der Waals surface area contributed by atoms with Gasteiger partial charge in [-0.05, 0) is 50.2 Å². The fraction of sp³-hybridized carbons (Fsp3) is 0.211. The highest BCUT2D eigenvalue weighted by molar-refractivity contribution is 8.01. The van der Waals surface area contributed by atoms with Crippen molar-refractivity contribution in [2.75, 3.05) is 16.4 Å². The number of hydrogen-bond acceptors (Lipinski definition) is 4. The number of hydrogen-bond donors (Lipinski definition) is 2. The number of carbonyl (C=O) groups is 3. The number of Topliss-reactive ketones (excluding diaryl/α,β-unsaturated/α-hetero) is 1. The number of rotatable bonds is 7. The van der Waals surface area contributed by atoms with E-state index in [1.54, 1.807) is 37.3 Å². The van der Waals surface area contributed by atoms with Crippen LogP contribution in [0.1, 0.15) is 24.2 Å². The minimum absolute atomic E-state index is 0.0200. The molecular weight excluding hydrogens is 355 g/mol. The lowest BCUT2D eigenvalue weighted by molar-refractivity contribution is -0.115. The van der Waals surface area contributed by atoms with Crippen LogP contribution < -0.4 is 10.6 Å². The standard InChI is InChI=1S/C19H19FN2O3S/c1-12(23)14-7-9-15(10-8-14)21-19(25)13(2)26-11-18(24)22-17-6-4-3-5-16(17)20/h3-10,13H,11H2,1-2H3,(H,21,25)(H,22,24)/t13-/m0/s1. The summed E-state index contributed by atoms with van der Waals surface area (Å²) < 4.78 is 13.5. The van der Waals surface area contributed by atoms with E-state index >= 15 is 0 Å². The molecule has 0 radical (unpaired) electrons. The van der Waals surface area contributed by atoms with Crippen LogP contribution in [0.3, 0.4) is 0 Å². The second-order valence-corrected chi connectivity index (χ2v) is 6.93. The predicted octanol–water partition coefficient (Wildman–Crippen LogP) is 3.73. The first-order valence-corrected chi connectivity index (χ1v) is 8.99. The number of amides is 2. The number of halogens is 1. The molecule has 26 heavy (non-hydrogen) atoms. The summed E-state index contributed by atoms with van der Waals surface area (Å²) in [5.74, 6) is -1.18. The summed E-state index contributed by atoms with van der Waals surface area (Å²) in [5, 5.41) is 4.72. The Bertz CT molecular complexity index is 809. The molecule has 0 aliphatic heterocycles. The Morgan fingerprint density at radius 1 is 1.04 bits per heavy atom. The number of nitrogens with one attached hydrogen (secondary N) is 2. The maximum Gasteiger partial charge on any atom is 0.237 e. The molecule has 0 fully saturated rings. The van der Waals surface area contributed by atoms with Crippen molar-refractivity contribution < 1.29 is 18.8 Å². The lowest BCUT2D eigenvalue weighted by Crippen LogP contribution is -2.25. The molecular formula is C19H19FN2O3S. The van der Waals surface area contributed by atoms with Crippen molar-refractivity contribution in [3.05, 3.63) is 59.9 Å². The second kappa shape index (κ2) is 9.15. The van der Waals surface area contributed by atoms with Crippen LogP contribution in [0.5, 0.6) is 0 Å². The number of para-hydroxylation sites is 1. The molecule has 0 saturated heterocycles. The summed E-state index contributed by atoms with van der Waals surface area (Å²) in [4.78, 5) is 35.3. The Balaban J connectivity index is 1.82. The van der Waals surface area contributed by atoms with Crippen LogP contribution in [0, 0.1) is 5.82 Å². The van der Waals surface area contributed by atoms with Gasteiger partial charge in [0, 0.05) is 11.3 Å². The van der Waals surface area contributed by atoms with Crippen molar-refractivity contribution in [1.29, 1.82) is 0 Å². The second-order valence-electron chi connectivity index (χ2n) is 5.60. The molecule has 136 valence electrons. The van der Waals surface area contributed by atoms with Crippen LogP contribution >= 0.6 is 11.8 Å². The summed E-state index contributed by atoms with van der Waals surface area (Å²) in [5.41, 5.74) is 1.25. The van der Waals surface area contributed by atoms with Gasteiger partial charge in [0.1, 0.15) is 5.82 Å². The Labute approximate surface area is 155 Å². The van der Waals surface area contributed by atoms with Crippen molar-refractivity contribution in [2.45, 2.75) is 19.1 Å². The van der Waals surface area contributed by atoms with Crippen LogP contribution in [0.15, 0.2) is 48.5 Å². The fourth-order valence-corrected chi connectivity index (χ4v) is 2.74. The van der Waals surface area contributed by atoms with E-state index in [2.05, 4.69) is 10.6 Å². The molecule has 2 aromatic carbocycles. The first-order valence-electron chi connectivity index (χ1n) is 7.94. The van der Waals surface area contributed by atoms with Gasteiger partial charge in [0.2, 0.25) is 11.8 Å². The van der Waals surface area contributed by atoms with Crippen molar-refractivity contribution in [1.82, 2.24) is 0 Å². The molecule has 2 aromatic rings. The molecule has 0 spiro atoms. The fourth-order valence-electron chi connectivity index (χ4n) is 2.06. The van der Waals surface area contributed by atoms with Crippen LogP contribution in [-0.4, -0.2) is 28.6 Å². The van der Waals surface area contributed by atoms with Gasteiger partial charge in [0.15, 0.2) is 5.78 Å². The first-order chi connectivity index (χ1) is 12.4. The molecule has 0 heterocycles.